The van der Waals surface area contributed by atoms with E-state index in [1.54, 1.807) is 11.8 Å². The molecule has 15 heavy (non-hydrogen) atoms. The normalized spacial score (nSPS) is 23.7. The standard InChI is InChI=1S/C11H21NO3/c1-3-15-11(14)12-7-5-4-6-10(12)8-9(2)13/h9-10,13H,3-8H2,1-2H3. The van der Waals surface area contributed by atoms with Gasteiger partial charge in [-0.15, -0.1) is 0 Å². The van der Waals surface area contributed by atoms with E-state index in [2.05, 4.69) is 0 Å². The molecule has 1 fully saturated rings. The summed E-state index contributed by atoms with van der Waals surface area (Å²) in [6, 6.07) is 0.151. The third-order valence-electron chi connectivity index (χ3n) is 2.74. The first-order chi connectivity index (χ1) is 7.15. The second-order valence-corrected chi connectivity index (χ2v) is 4.13. The van der Waals surface area contributed by atoms with Gasteiger partial charge in [0.2, 0.25) is 0 Å². The molecule has 0 aliphatic carbocycles. The van der Waals surface area contributed by atoms with Gasteiger partial charge in [0.05, 0.1) is 12.7 Å². The molecule has 0 aromatic carbocycles. The van der Waals surface area contributed by atoms with Crippen molar-refractivity contribution in [2.45, 2.75) is 51.7 Å². The van der Waals surface area contributed by atoms with Crippen molar-refractivity contribution in [2.75, 3.05) is 13.2 Å². The number of aliphatic hydroxyl groups is 1. The molecule has 1 heterocycles. The number of likely N-dealkylation sites (tertiary alicyclic amines) is 1. The molecule has 88 valence electrons. The van der Waals surface area contributed by atoms with Gasteiger partial charge in [0.15, 0.2) is 0 Å². The molecular weight excluding hydrogens is 194 g/mol. The summed E-state index contributed by atoms with van der Waals surface area (Å²) in [7, 11) is 0. The number of rotatable bonds is 3. The van der Waals surface area contributed by atoms with E-state index in [1.807, 2.05) is 6.92 Å². The monoisotopic (exact) mass is 215 g/mol. The Morgan fingerprint density at radius 2 is 2.33 bits per heavy atom. The minimum atomic E-state index is -0.356. The quantitative estimate of drug-likeness (QED) is 0.780. The van der Waals surface area contributed by atoms with Crippen molar-refractivity contribution in [3.05, 3.63) is 0 Å². The molecule has 4 nitrogen and oxygen atoms in total. The Morgan fingerprint density at radius 1 is 1.60 bits per heavy atom. The molecular formula is C11H21NO3. The van der Waals surface area contributed by atoms with E-state index >= 15 is 0 Å². The van der Waals surface area contributed by atoms with Crippen LogP contribution in [-0.4, -0.2) is 41.4 Å². The van der Waals surface area contributed by atoms with Crippen LogP contribution in [0.15, 0.2) is 0 Å². The zero-order valence-corrected chi connectivity index (χ0v) is 9.61. The molecule has 0 aromatic rings. The second kappa shape index (κ2) is 5.95. The van der Waals surface area contributed by atoms with E-state index in [0.29, 0.717) is 13.0 Å². The van der Waals surface area contributed by atoms with Crippen molar-refractivity contribution < 1.29 is 14.6 Å². The van der Waals surface area contributed by atoms with Crippen LogP contribution < -0.4 is 0 Å². The van der Waals surface area contributed by atoms with Crippen molar-refractivity contribution in [1.82, 2.24) is 4.90 Å². The fourth-order valence-corrected chi connectivity index (χ4v) is 2.09. The van der Waals surface area contributed by atoms with Crippen molar-refractivity contribution >= 4 is 6.09 Å². The summed E-state index contributed by atoms with van der Waals surface area (Å²) in [5, 5.41) is 9.36. The lowest BCUT2D eigenvalue weighted by Gasteiger charge is -2.35. The van der Waals surface area contributed by atoms with Crippen LogP contribution in [-0.2, 0) is 4.74 Å². The lowest BCUT2D eigenvalue weighted by atomic mass is 9.98. The van der Waals surface area contributed by atoms with E-state index in [9.17, 15) is 9.90 Å². The van der Waals surface area contributed by atoms with Gasteiger partial charge in [-0.05, 0) is 39.5 Å². The van der Waals surface area contributed by atoms with Crippen LogP contribution in [0.4, 0.5) is 4.79 Å². The smallest absolute Gasteiger partial charge is 0.409 e. The highest BCUT2D eigenvalue weighted by molar-refractivity contribution is 5.68. The number of nitrogens with zero attached hydrogens (tertiary/aromatic N) is 1. The van der Waals surface area contributed by atoms with Gasteiger partial charge in [-0.25, -0.2) is 4.79 Å². The summed E-state index contributed by atoms with van der Waals surface area (Å²) in [6.07, 6.45) is 3.21. The van der Waals surface area contributed by atoms with Crippen LogP contribution in [0, 0.1) is 0 Å². The number of ether oxygens (including phenoxy) is 1. The number of aliphatic hydroxyl groups excluding tert-OH is 1. The van der Waals surface area contributed by atoms with Gasteiger partial charge in [0.1, 0.15) is 0 Å². The van der Waals surface area contributed by atoms with Crippen LogP contribution in [0.5, 0.6) is 0 Å². The first-order valence-electron chi connectivity index (χ1n) is 5.76. The Morgan fingerprint density at radius 3 is 2.93 bits per heavy atom. The SMILES string of the molecule is CCOC(=O)N1CCCCC1CC(C)O. The molecule has 1 amide bonds. The van der Waals surface area contributed by atoms with Crippen LogP contribution in [0.1, 0.15) is 39.5 Å². The molecule has 1 saturated heterocycles. The number of hydrogen-bond acceptors (Lipinski definition) is 3. The maximum absolute atomic E-state index is 11.6. The minimum absolute atomic E-state index is 0.151. The van der Waals surface area contributed by atoms with E-state index in [1.165, 1.54) is 0 Å². The summed E-state index contributed by atoms with van der Waals surface area (Å²) in [4.78, 5) is 13.4. The van der Waals surface area contributed by atoms with Gasteiger partial charge in [0, 0.05) is 12.6 Å². The van der Waals surface area contributed by atoms with Crippen molar-refractivity contribution in [1.29, 1.82) is 0 Å². The van der Waals surface area contributed by atoms with Gasteiger partial charge in [-0.3, -0.25) is 0 Å². The molecule has 1 rings (SSSR count). The summed E-state index contributed by atoms with van der Waals surface area (Å²) < 4.78 is 5.00. The van der Waals surface area contributed by atoms with Gasteiger partial charge >= 0.3 is 6.09 Å². The average Bonchev–Trinajstić information content (AvgIpc) is 2.18. The Labute approximate surface area is 91.2 Å². The molecule has 4 heteroatoms. The minimum Gasteiger partial charge on any atom is -0.450 e. The number of carbonyl (C=O) groups excluding carboxylic acids is 1. The molecule has 0 spiro atoms. The van der Waals surface area contributed by atoms with Crippen LogP contribution in [0.2, 0.25) is 0 Å². The Kier molecular flexibility index (Phi) is 4.88. The van der Waals surface area contributed by atoms with Crippen LogP contribution in [0.3, 0.4) is 0 Å². The maximum Gasteiger partial charge on any atom is 0.409 e. The van der Waals surface area contributed by atoms with E-state index in [4.69, 9.17) is 4.74 Å². The zero-order valence-electron chi connectivity index (χ0n) is 9.61. The Hall–Kier alpha value is -0.770. The first kappa shape index (κ1) is 12.3. The maximum atomic E-state index is 11.6. The van der Waals surface area contributed by atoms with Crippen LogP contribution in [0.25, 0.3) is 0 Å². The molecule has 2 atom stereocenters. The topological polar surface area (TPSA) is 49.8 Å². The fraction of sp³-hybridized carbons (Fsp3) is 0.909. The van der Waals surface area contributed by atoms with Gasteiger partial charge < -0.3 is 14.7 Å². The lowest BCUT2D eigenvalue weighted by Crippen LogP contribution is -2.45. The third-order valence-corrected chi connectivity index (χ3v) is 2.74. The summed E-state index contributed by atoms with van der Waals surface area (Å²) >= 11 is 0. The van der Waals surface area contributed by atoms with Gasteiger partial charge in [-0.2, -0.15) is 0 Å². The van der Waals surface area contributed by atoms with E-state index in [-0.39, 0.29) is 18.2 Å². The molecule has 1 N–H and O–H groups in total. The Bertz CT molecular complexity index is 206. The predicted octanol–water partition coefficient (Wildman–Crippen LogP) is 1.77. The summed E-state index contributed by atoms with van der Waals surface area (Å²) in [5.41, 5.74) is 0. The van der Waals surface area contributed by atoms with Gasteiger partial charge in [-0.1, -0.05) is 0 Å². The highest BCUT2D eigenvalue weighted by atomic mass is 16.6. The number of piperidine rings is 1. The average molecular weight is 215 g/mol. The van der Waals surface area contributed by atoms with Crippen LogP contribution >= 0.6 is 0 Å². The second-order valence-electron chi connectivity index (χ2n) is 4.13. The molecule has 0 bridgehead atoms. The number of carbonyl (C=O) groups is 1. The van der Waals surface area contributed by atoms with E-state index in [0.717, 1.165) is 25.8 Å². The third kappa shape index (κ3) is 3.70. The number of amides is 1. The van der Waals surface area contributed by atoms with Gasteiger partial charge in [0.25, 0.3) is 0 Å². The molecule has 1 aliphatic rings. The van der Waals surface area contributed by atoms with Crippen molar-refractivity contribution in [3.8, 4) is 0 Å². The highest BCUT2D eigenvalue weighted by Gasteiger charge is 2.28. The Balaban J connectivity index is 2.52. The van der Waals surface area contributed by atoms with Crippen molar-refractivity contribution in [2.24, 2.45) is 0 Å². The molecule has 0 radical (unpaired) electrons. The predicted molar refractivity (Wildman–Crippen MR) is 57.7 cm³/mol. The summed E-state index contributed by atoms with van der Waals surface area (Å²) in [6.45, 7) is 4.75. The van der Waals surface area contributed by atoms with E-state index < -0.39 is 0 Å². The molecule has 0 aromatic heterocycles. The molecule has 2 unspecified atom stereocenters. The largest absolute Gasteiger partial charge is 0.450 e. The lowest BCUT2D eigenvalue weighted by molar-refractivity contribution is 0.0580. The van der Waals surface area contributed by atoms with Crippen molar-refractivity contribution in [3.63, 3.8) is 0 Å². The molecule has 0 saturated carbocycles. The zero-order chi connectivity index (χ0) is 11.3. The number of hydrogen-bond donors (Lipinski definition) is 1. The first-order valence-corrected chi connectivity index (χ1v) is 5.76. The highest BCUT2D eigenvalue weighted by Crippen LogP contribution is 2.21. The fourth-order valence-electron chi connectivity index (χ4n) is 2.09. The molecule has 1 aliphatic heterocycles. The summed E-state index contributed by atoms with van der Waals surface area (Å²) in [5.74, 6) is 0.